The van der Waals surface area contributed by atoms with Crippen molar-refractivity contribution in [3.63, 3.8) is 0 Å². The molecule has 0 aliphatic heterocycles. The SMILES string of the molecule is COc1ccccc1CNC(=O)c1cc(C(=O)Nc2ccc(C#N)cc2)ccn1. The van der Waals surface area contributed by atoms with Crippen LogP contribution in [0.4, 0.5) is 5.69 Å². The molecule has 0 saturated heterocycles. The lowest BCUT2D eigenvalue weighted by Gasteiger charge is -2.10. The summed E-state index contributed by atoms with van der Waals surface area (Å²) in [5.41, 5.74) is 2.31. The summed E-state index contributed by atoms with van der Waals surface area (Å²) < 4.78 is 5.27. The Balaban J connectivity index is 1.67. The highest BCUT2D eigenvalue weighted by atomic mass is 16.5. The van der Waals surface area contributed by atoms with Crippen molar-refractivity contribution >= 4 is 17.5 Å². The number of para-hydroxylation sites is 1. The largest absolute Gasteiger partial charge is 0.496 e. The lowest BCUT2D eigenvalue weighted by Crippen LogP contribution is -2.24. The Morgan fingerprint density at radius 3 is 2.55 bits per heavy atom. The number of hydrogen-bond donors (Lipinski definition) is 2. The molecule has 1 aromatic heterocycles. The molecule has 7 nitrogen and oxygen atoms in total. The smallest absolute Gasteiger partial charge is 0.270 e. The van der Waals surface area contributed by atoms with Crippen molar-refractivity contribution in [2.75, 3.05) is 12.4 Å². The van der Waals surface area contributed by atoms with Gasteiger partial charge in [-0.15, -0.1) is 0 Å². The first-order valence-corrected chi connectivity index (χ1v) is 8.78. The predicted octanol–water partition coefficient (Wildman–Crippen LogP) is 3.14. The number of pyridine rings is 1. The van der Waals surface area contributed by atoms with E-state index in [2.05, 4.69) is 15.6 Å². The van der Waals surface area contributed by atoms with Crippen LogP contribution >= 0.6 is 0 Å². The number of ether oxygens (including phenoxy) is 1. The lowest BCUT2D eigenvalue weighted by molar-refractivity contribution is 0.0945. The fourth-order valence-corrected chi connectivity index (χ4v) is 2.64. The van der Waals surface area contributed by atoms with E-state index in [9.17, 15) is 9.59 Å². The quantitative estimate of drug-likeness (QED) is 0.677. The fraction of sp³-hybridized carbons (Fsp3) is 0.0909. The number of anilines is 1. The maximum atomic E-state index is 12.5. The first-order chi connectivity index (χ1) is 14.1. The minimum atomic E-state index is -0.399. The van der Waals surface area contributed by atoms with Crippen molar-refractivity contribution in [3.05, 3.63) is 89.2 Å². The monoisotopic (exact) mass is 386 g/mol. The molecule has 0 bridgehead atoms. The van der Waals surface area contributed by atoms with Crippen LogP contribution in [-0.4, -0.2) is 23.9 Å². The second-order valence-corrected chi connectivity index (χ2v) is 6.07. The molecule has 0 fully saturated rings. The third-order valence-electron chi connectivity index (χ3n) is 4.16. The molecule has 7 heteroatoms. The number of methoxy groups -OCH3 is 1. The van der Waals surface area contributed by atoms with E-state index in [-0.39, 0.29) is 18.1 Å². The van der Waals surface area contributed by atoms with E-state index in [1.54, 1.807) is 31.4 Å². The van der Waals surface area contributed by atoms with E-state index in [4.69, 9.17) is 10.00 Å². The molecule has 1 heterocycles. The summed E-state index contributed by atoms with van der Waals surface area (Å²) in [7, 11) is 1.57. The third kappa shape index (κ3) is 4.96. The number of rotatable bonds is 6. The minimum absolute atomic E-state index is 0.132. The number of benzene rings is 2. The Morgan fingerprint density at radius 1 is 1.07 bits per heavy atom. The highest BCUT2D eigenvalue weighted by molar-refractivity contribution is 6.05. The minimum Gasteiger partial charge on any atom is -0.496 e. The Hall–Kier alpha value is -4.18. The van der Waals surface area contributed by atoms with Crippen LogP contribution in [0.1, 0.15) is 32.0 Å². The molecule has 0 unspecified atom stereocenters. The van der Waals surface area contributed by atoms with Gasteiger partial charge >= 0.3 is 0 Å². The molecular weight excluding hydrogens is 368 g/mol. The average molecular weight is 386 g/mol. The molecule has 3 rings (SSSR count). The van der Waals surface area contributed by atoms with Crippen LogP contribution in [0.2, 0.25) is 0 Å². The van der Waals surface area contributed by atoms with E-state index >= 15 is 0 Å². The number of amides is 2. The van der Waals surface area contributed by atoms with Crippen molar-refractivity contribution in [2.45, 2.75) is 6.54 Å². The van der Waals surface area contributed by atoms with E-state index in [0.29, 0.717) is 22.6 Å². The summed E-state index contributed by atoms with van der Waals surface area (Å²) in [6.07, 6.45) is 1.41. The molecule has 0 aliphatic rings. The molecule has 0 radical (unpaired) electrons. The van der Waals surface area contributed by atoms with Crippen LogP contribution in [0.5, 0.6) is 5.75 Å². The van der Waals surface area contributed by atoms with E-state index in [1.165, 1.54) is 18.3 Å². The number of nitriles is 1. The highest BCUT2D eigenvalue weighted by Gasteiger charge is 2.13. The van der Waals surface area contributed by atoms with Gasteiger partial charge in [-0.3, -0.25) is 14.6 Å². The number of aromatic nitrogens is 1. The summed E-state index contributed by atoms with van der Waals surface area (Å²) in [5.74, 6) is -0.101. The van der Waals surface area contributed by atoms with Gasteiger partial charge in [-0.05, 0) is 42.5 Å². The first kappa shape index (κ1) is 19.6. The van der Waals surface area contributed by atoms with Gasteiger partial charge in [-0.1, -0.05) is 18.2 Å². The van der Waals surface area contributed by atoms with Gasteiger partial charge < -0.3 is 15.4 Å². The summed E-state index contributed by atoms with van der Waals surface area (Å²) in [4.78, 5) is 28.9. The summed E-state index contributed by atoms with van der Waals surface area (Å²) >= 11 is 0. The van der Waals surface area contributed by atoms with Gasteiger partial charge in [0.2, 0.25) is 0 Å². The van der Waals surface area contributed by atoms with Crippen LogP contribution < -0.4 is 15.4 Å². The number of nitrogens with one attached hydrogen (secondary N) is 2. The van der Waals surface area contributed by atoms with Crippen molar-refractivity contribution in [3.8, 4) is 11.8 Å². The second kappa shape index (κ2) is 9.15. The van der Waals surface area contributed by atoms with Gasteiger partial charge in [-0.25, -0.2) is 0 Å². The van der Waals surface area contributed by atoms with Crippen molar-refractivity contribution in [1.29, 1.82) is 5.26 Å². The molecular formula is C22H18N4O3. The normalized spacial score (nSPS) is 9.93. The van der Waals surface area contributed by atoms with Gasteiger partial charge in [0.05, 0.1) is 18.7 Å². The van der Waals surface area contributed by atoms with Gasteiger partial charge in [-0.2, -0.15) is 5.26 Å². The zero-order valence-electron chi connectivity index (χ0n) is 15.7. The molecule has 144 valence electrons. The predicted molar refractivity (Wildman–Crippen MR) is 108 cm³/mol. The zero-order chi connectivity index (χ0) is 20.6. The highest BCUT2D eigenvalue weighted by Crippen LogP contribution is 2.17. The number of hydrogen-bond acceptors (Lipinski definition) is 5. The molecule has 0 spiro atoms. The van der Waals surface area contributed by atoms with Crippen LogP contribution in [0.15, 0.2) is 66.9 Å². The molecule has 0 atom stereocenters. The van der Waals surface area contributed by atoms with Crippen molar-refractivity contribution in [1.82, 2.24) is 10.3 Å². The standard InChI is InChI=1S/C22H18N4O3/c1-29-20-5-3-2-4-17(20)14-25-22(28)19-12-16(10-11-24-19)21(27)26-18-8-6-15(13-23)7-9-18/h2-12H,14H2,1H3,(H,25,28)(H,26,27). The van der Waals surface area contributed by atoms with Crippen LogP contribution in [-0.2, 0) is 6.54 Å². The first-order valence-electron chi connectivity index (χ1n) is 8.78. The number of carbonyl (C=O) groups is 2. The van der Waals surface area contributed by atoms with Gasteiger partial charge in [0, 0.05) is 29.6 Å². The molecule has 2 amide bonds. The Kier molecular flexibility index (Phi) is 6.18. The number of nitrogens with zero attached hydrogens (tertiary/aromatic N) is 2. The second-order valence-electron chi connectivity index (χ2n) is 6.07. The van der Waals surface area contributed by atoms with Crippen molar-refractivity contribution < 1.29 is 14.3 Å². The summed E-state index contributed by atoms with van der Waals surface area (Å²) in [5, 5.41) is 14.3. The van der Waals surface area contributed by atoms with Gasteiger partial charge in [0.1, 0.15) is 11.4 Å². The van der Waals surface area contributed by atoms with Gasteiger partial charge in [0.25, 0.3) is 11.8 Å². The third-order valence-corrected chi connectivity index (χ3v) is 4.16. The maximum Gasteiger partial charge on any atom is 0.270 e. The van der Waals surface area contributed by atoms with Crippen LogP contribution in [0.25, 0.3) is 0 Å². The van der Waals surface area contributed by atoms with Gasteiger partial charge in [0.15, 0.2) is 0 Å². The zero-order valence-corrected chi connectivity index (χ0v) is 15.7. The Morgan fingerprint density at radius 2 is 1.83 bits per heavy atom. The molecule has 29 heavy (non-hydrogen) atoms. The molecule has 0 aliphatic carbocycles. The molecule has 2 aromatic carbocycles. The summed E-state index contributed by atoms with van der Waals surface area (Å²) in [6, 6.07) is 18.8. The lowest BCUT2D eigenvalue weighted by atomic mass is 10.1. The van der Waals surface area contributed by atoms with E-state index < -0.39 is 5.91 Å². The fourth-order valence-electron chi connectivity index (χ4n) is 2.64. The molecule has 3 aromatic rings. The van der Waals surface area contributed by atoms with Crippen molar-refractivity contribution in [2.24, 2.45) is 0 Å². The van der Waals surface area contributed by atoms with Crippen LogP contribution in [0, 0.1) is 11.3 Å². The number of carbonyl (C=O) groups excluding carboxylic acids is 2. The molecule has 0 saturated carbocycles. The van der Waals surface area contributed by atoms with E-state index in [1.807, 2.05) is 30.3 Å². The van der Waals surface area contributed by atoms with E-state index in [0.717, 1.165) is 5.56 Å². The molecule has 2 N–H and O–H groups in total. The maximum absolute atomic E-state index is 12.5. The Labute approximate surface area is 168 Å². The Bertz CT molecular complexity index is 1070. The topological polar surface area (TPSA) is 104 Å². The van der Waals surface area contributed by atoms with Crippen LogP contribution in [0.3, 0.4) is 0 Å². The average Bonchev–Trinajstić information content (AvgIpc) is 2.78. The summed E-state index contributed by atoms with van der Waals surface area (Å²) in [6.45, 7) is 0.270.